The second-order valence-corrected chi connectivity index (χ2v) is 10.6. The largest absolute Gasteiger partial charge is 0.477 e. The van der Waals surface area contributed by atoms with Crippen molar-refractivity contribution < 1.29 is 30.0 Å². The summed E-state index contributed by atoms with van der Waals surface area (Å²) in [4.78, 5) is 18.4. The monoisotopic (exact) mass is 737 g/mol. The molecule has 6 aromatic rings. The molecule has 5 nitrogen and oxygen atoms in total. The number of rotatable bonds is 3. The normalized spacial score (nSPS) is 12.1. The van der Waals surface area contributed by atoms with E-state index in [-0.39, 0.29) is 31.2 Å². The zero-order chi connectivity index (χ0) is 29.3. The van der Waals surface area contributed by atoms with Gasteiger partial charge >= 0.3 is 5.97 Å². The van der Waals surface area contributed by atoms with Gasteiger partial charge in [0, 0.05) is 32.5 Å². The maximum absolute atomic E-state index is 10.1. The molecule has 2 heterocycles. The van der Waals surface area contributed by atoms with Crippen LogP contribution >= 0.6 is 0 Å². The van der Waals surface area contributed by atoms with Gasteiger partial charge in [-0.1, -0.05) is 80.1 Å². The third kappa shape index (κ3) is 5.49. The molecule has 1 aliphatic carbocycles. The first-order valence-corrected chi connectivity index (χ1v) is 13.6. The van der Waals surface area contributed by atoms with Crippen molar-refractivity contribution in [3.8, 4) is 39.6 Å². The molecule has 0 saturated carbocycles. The molecule has 1 N–H and O–H groups in total. The molecular formula is C37H26IrN3O2-. The van der Waals surface area contributed by atoms with E-state index in [0.717, 1.165) is 22.0 Å². The van der Waals surface area contributed by atoms with Crippen molar-refractivity contribution in [2.45, 2.75) is 19.3 Å². The smallest absolute Gasteiger partial charge is 0.354 e. The van der Waals surface area contributed by atoms with E-state index in [2.05, 4.69) is 91.6 Å². The van der Waals surface area contributed by atoms with Gasteiger partial charge in [-0.25, -0.2) is 9.78 Å². The van der Waals surface area contributed by atoms with E-state index in [4.69, 9.17) is 10.1 Å². The summed E-state index contributed by atoms with van der Waals surface area (Å²) in [5.74, 6) is -0.990. The summed E-state index contributed by atoms with van der Waals surface area (Å²) in [5, 5.41) is 19.6. The summed E-state index contributed by atoms with van der Waals surface area (Å²) in [5.41, 5.74) is 10.2. The molecule has 0 bridgehead atoms. The fourth-order valence-electron chi connectivity index (χ4n) is 5.76. The number of hydrogen-bond donors (Lipinski definition) is 1. The van der Waals surface area contributed by atoms with Gasteiger partial charge in [0.2, 0.25) is 0 Å². The first-order valence-electron chi connectivity index (χ1n) is 13.6. The molecule has 0 atom stereocenters. The summed E-state index contributed by atoms with van der Waals surface area (Å²) in [6.45, 7) is 4.61. The Bertz CT molecular complexity index is 2000. The second-order valence-electron chi connectivity index (χ2n) is 10.6. The SMILES string of the molecule is CC1(C)c2c[c-]c(-c3nccc4cc(C#N)ccc34)cc2-c2cccc(-c3ccccc3)c21.O=C(O)c1ccccn1.[Ir]. The maximum Gasteiger partial charge on any atom is 0.354 e. The minimum Gasteiger partial charge on any atom is -0.477 e. The number of carbonyl (C=O) groups is 1. The van der Waals surface area contributed by atoms with E-state index >= 15 is 0 Å². The number of fused-ring (bicyclic) bond motifs is 4. The number of aromatic nitrogens is 2. The summed E-state index contributed by atoms with van der Waals surface area (Å²) in [6, 6.07) is 39.8. The molecule has 0 unspecified atom stereocenters. The molecule has 1 radical (unpaired) electrons. The second kappa shape index (κ2) is 12.1. The van der Waals surface area contributed by atoms with E-state index in [1.807, 2.05) is 30.5 Å². The molecule has 0 saturated heterocycles. The number of nitrogens with zero attached hydrogens (tertiary/aromatic N) is 3. The van der Waals surface area contributed by atoms with E-state index in [9.17, 15) is 10.1 Å². The fraction of sp³-hybridized carbons (Fsp3) is 0.0811. The van der Waals surface area contributed by atoms with E-state index in [1.165, 1.54) is 45.6 Å². The number of hydrogen-bond acceptors (Lipinski definition) is 4. The van der Waals surface area contributed by atoms with Gasteiger partial charge < -0.3 is 10.1 Å². The molecule has 6 heteroatoms. The van der Waals surface area contributed by atoms with Crippen LogP contribution in [0.3, 0.4) is 0 Å². The van der Waals surface area contributed by atoms with Gasteiger partial charge in [0.15, 0.2) is 0 Å². The van der Waals surface area contributed by atoms with Crippen molar-refractivity contribution in [3.05, 3.63) is 144 Å². The van der Waals surface area contributed by atoms with Crippen molar-refractivity contribution in [2.24, 2.45) is 0 Å². The van der Waals surface area contributed by atoms with Crippen LogP contribution in [0.1, 0.15) is 41.0 Å². The molecule has 0 spiro atoms. The Morgan fingerprint density at radius 2 is 1.60 bits per heavy atom. The number of carboxylic acid groups (broad SMARTS) is 1. The van der Waals surface area contributed by atoms with Crippen molar-refractivity contribution >= 4 is 16.7 Å². The summed E-state index contributed by atoms with van der Waals surface area (Å²) < 4.78 is 0. The van der Waals surface area contributed by atoms with Gasteiger partial charge in [0.1, 0.15) is 5.69 Å². The van der Waals surface area contributed by atoms with Crippen LogP contribution < -0.4 is 0 Å². The van der Waals surface area contributed by atoms with Gasteiger partial charge in [0.05, 0.1) is 11.6 Å². The van der Waals surface area contributed by atoms with Crippen molar-refractivity contribution in [3.63, 3.8) is 0 Å². The molecule has 7 rings (SSSR count). The Hall–Kier alpha value is -4.95. The average Bonchev–Trinajstić information content (AvgIpc) is 3.27. The standard InChI is InChI=1S/C31H21N2.C6H5NO2.Ir/c1-31(2)28-14-12-23(30-25-13-11-20(19-32)17-22(25)15-16-33-30)18-27(28)26-10-6-9-24(29(26)31)21-7-4-3-5-8-21;8-6(9)5-3-1-2-4-7-5;/h3-11,13-18H,1-2H3;1-4H,(H,8,9);/q-1;;. The number of pyridine rings is 2. The van der Waals surface area contributed by atoms with Crippen LogP contribution in [-0.4, -0.2) is 21.0 Å². The summed E-state index contributed by atoms with van der Waals surface area (Å²) >= 11 is 0. The summed E-state index contributed by atoms with van der Waals surface area (Å²) in [7, 11) is 0. The molecule has 0 aliphatic heterocycles. The Labute approximate surface area is 263 Å². The number of nitriles is 1. The first kappa shape index (κ1) is 29.5. The van der Waals surface area contributed by atoms with Crippen LogP contribution in [0.5, 0.6) is 0 Å². The molecular weight excluding hydrogens is 711 g/mol. The Morgan fingerprint density at radius 1 is 0.837 bits per heavy atom. The van der Waals surface area contributed by atoms with Gasteiger partial charge in [-0.2, -0.15) is 5.26 Å². The quantitative estimate of drug-likeness (QED) is 0.185. The third-order valence-electron chi connectivity index (χ3n) is 7.72. The number of benzene rings is 4. The number of aromatic carboxylic acids is 1. The Balaban J connectivity index is 0.000000318. The third-order valence-corrected chi connectivity index (χ3v) is 7.72. The van der Waals surface area contributed by atoms with Crippen molar-refractivity contribution in [1.29, 1.82) is 5.26 Å². The van der Waals surface area contributed by atoms with Crippen LogP contribution in [-0.2, 0) is 25.5 Å². The van der Waals surface area contributed by atoms with E-state index in [0.29, 0.717) is 5.56 Å². The molecule has 0 fully saturated rings. The molecule has 211 valence electrons. The van der Waals surface area contributed by atoms with Crippen molar-refractivity contribution in [2.75, 3.05) is 0 Å². The van der Waals surface area contributed by atoms with Gasteiger partial charge in [-0.3, -0.25) is 0 Å². The fourth-order valence-corrected chi connectivity index (χ4v) is 5.76. The first-order chi connectivity index (χ1) is 20.4. The summed E-state index contributed by atoms with van der Waals surface area (Å²) in [6.07, 6.45) is 3.26. The molecule has 2 aromatic heterocycles. The maximum atomic E-state index is 10.1. The minimum atomic E-state index is -0.990. The van der Waals surface area contributed by atoms with Crippen LogP contribution in [0.15, 0.2) is 116 Å². The minimum absolute atomic E-state index is 0. The topological polar surface area (TPSA) is 86.9 Å². The Kier molecular flexibility index (Phi) is 8.32. The van der Waals surface area contributed by atoms with Crippen LogP contribution in [0.2, 0.25) is 0 Å². The molecule has 1 aliphatic rings. The Morgan fingerprint density at radius 3 is 2.30 bits per heavy atom. The van der Waals surface area contributed by atoms with Crippen molar-refractivity contribution in [1.82, 2.24) is 9.97 Å². The predicted molar refractivity (Wildman–Crippen MR) is 165 cm³/mol. The van der Waals surface area contributed by atoms with Crippen LogP contribution in [0.4, 0.5) is 0 Å². The van der Waals surface area contributed by atoms with Gasteiger partial charge in [0.25, 0.3) is 0 Å². The zero-order valence-corrected chi connectivity index (χ0v) is 25.9. The van der Waals surface area contributed by atoms with Crippen LogP contribution in [0.25, 0.3) is 44.3 Å². The average molecular weight is 737 g/mol. The van der Waals surface area contributed by atoms with E-state index in [1.54, 1.807) is 12.1 Å². The van der Waals surface area contributed by atoms with Gasteiger partial charge in [-0.15, -0.1) is 29.3 Å². The van der Waals surface area contributed by atoms with Crippen LogP contribution in [0, 0.1) is 17.4 Å². The predicted octanol–water partition coefficient (Wildman–Crippen LogP) is 8.32. The molecule has 43 heavy (non-hydrogen) atoms. The molecule has 4 aromatic carbocycles. The van der Waals surface area contributed by atoms with Gasteiger partial charge in [-0.05, 0) is 74.5 Å². The van der Waals surface area contributed by atoms with E-state index < -0.39 is 5.97 Å². The number of carboxylic acids is 1. The molecule has 0 amide bonds. The zero-order valence-electron chi connectivity index (χ0n) is 23.5.